The maximum atomic E-state index is 12.5. The summed E-state index contributed by atoms with van der Waals surface area (Å²) < 4.78 is 5.68. The first-order valence-corrected chi connectivity index (χ1v) is 10.3. The first kappa shape index (κ1) is 18.8. The van der Waals surface area contributed by atoms with E-state index in [4.69, 9.17) is 4.74 Å². The lowest BCUT2D eigenvalue weighted by molar-refractivity contribution is 0.219. The Kier molecular flexibility index (Phi) is 6.12. The van der Waals surface area contributed by atoms with E-state index in [0.29, 0.717) is 13.2 Å². The molecule has 2 N–H and O–H groups in total. The van der Waals surface area contributed by atoms with Gasteiger partial charge in [0.05, 0.1) is 12.6 Å². The molecular weight excluding hydrogens is 350 g/mol. The predicted molar refractivity (Wildman–Crippen MR) is 110 cm³/mol. The Morgan fingerprint density at radius 2 is 1.75 bits per heavy atom. The number of fused-ring (bicyclic) bond motifs is 1. The molecule has 0 aliphatic carbocycles. The maximum absolute atomic E-state index is 12.5. The molecule has 0 radical (unpaired) electrons. The lowest BCUT2D eigenvalue weighted by Crippen LogP contribution is -2.39. The topological polar surface area (TPSA) is 53.6 Å². The summed E-state index contributed by atoms with van der Waals surface area (Å²) in [6, 6.07) is 16.2. The normalized spacial score (nSPS) is 19.4. The van der Waals surface area contributed by atoms with Crippen LogP contribution in [-0.2, 0) is 13.1 Å². The number of benzene rings is 2. The number of carbonyl (C=O) groups excluding carboxylic acids is 1. The zero-order valence-electron chi connectivity index (χ0n) is 16.3. The van der Waals surface area contributed by atoms with E-state index in [-0.39, 0.29) is 12.1 Å². The van der Waals surface area contributed by atoms with Gasteiger partial charge in [-0.25, -0.2) is 4.79 Å². The average molecular weight is 380 g/mol. The molecule has 0 unspecified atom stereocenters. The van der Waals surface area contributed by atoms with Crippen molar-refractivity contribution in [2.75, 3.05) is 19.7 Å². The van der Waals surface area contributed by atoms with Crippen molar-refractivity contribution in [1.29, 1.82) is 0 Å². The molecule has 5 nitrogen and oxygen atoms in total. The second kappa shape index (κ2) is 9.11. The summed E-state index contributed by atoms with van der Waals surface area (Å²) in [4.78, 5) is 15.0. The number of carbonyl (C=O) groups is 1. The Morgan fingerprint density at radius 1 is 1.00 bits per heavy atom. The third-order valence-electron chi connectivity index (χ3n) is 5.66. The summed E-state index contributed by atoms with van der Waals surface area (Å²) in [6.45, 7) is 4.48. The fourth-order valence-electron chi connectivity index (χ4n) is 4.12. The number of hydrogen-bond donors (Lipinski definition) is 2. The van der Waals surface area contributed by atoms with Crippen LogP contribution in [0.15, 0.2) is 48.5 Å². The molecule has 148 valence electrons. The van der Waals surface area contributed by atoms with Crippen molar-refractivity contribution in [2.24, 2.45) is 0 Å². The molecule has 2 aromatic rings. The Balaban J connectivity index is 1.34. The summed E-state index contributed by atoms with van der Waals surface area (Å²) >= 11 is 0. The number of ether oxygens (including phenoxy) is 1. The molecule has 0 saturated carbocycles. The van der Waals surface area contributed by atoms with Crippen LogP contribution in [-0.4, -0.2) is 30.6 Å². The number of amides is 2. The van der Waals surface area contributed by atoms with Crippen LogP contribution in [0, 0.1) is 0 Å². The fourth-order valence-corrected chi connectivity index (χ4v) is 4.12. The van der Waals surface area contributed by atoms with Gasteiger partial charge in [-0.15, -0.1) is 0 Å². The van der Waals surface area contributed by atoms with Crippen molar-refractivity contribution in [3.05, 3.63) is 65.2 Å². The van der Waals surface area contributed by atoms with Gasteiger partial charge < -0.3 is 15.4 Å². The molecule has 2 aromatic carbocycles. The SMILES string of the molecule is O=C(NCc1ccccc1CN1CCCCC1)N[C@@H]1CCOc2ccccc21. The third-order valence-corrected chi connectivity index (χ3v) is 5.66. The number of nitrogens with one attached hydrogen (secondary N) is 2. The smallest absolute Gasteiger partial charge is 0.315 e. The van der Waals surface area contributed by atoms with Crippen LogP contribution in [0.4, 0.5) is 4.79 Å². The van der Waals surface area contributed by atoms with Gasteiger partial charge in [-0.1, -0.05) is 48.9 Å². The monoisotopic (exact) mass is 379 g/mol. The second-order valence-corrected chi connectivity index (χ2v) is 7.66. The number of urea groups is 1. The first-order chi connectivity index (χ1) is 13.8. The maximum Gasteiger partial charge on any atom is 0.315 e. The van der Waals surface area contributed by atoms with Crippen LogP contribution >= 0.6 is 0 Å². The van der Waals surface area contributed by atoms with Gasteiger partial charge in [-0.2, -0.15) is 0 Å². The largest absolute Gasteiger partial charge is 0.493 e. The fraction of sp³-hybridized carbons (Fsp3) is 0.435. The van der Waals surface area contributed by atoms with Gasteiger partial charge in [0.2, 0.25) is 0 Å². The predicted octanol–water partition coefficient (Wildman–Crippen LogP) is 4.00. The van der Waals surface area contributed by atoms with Crippen molar-refractivity contribution in [2.45, 2.75) is 44.8 Å². The third kappa shape index (κ3) is 4.65. The van der Waals surface area contributed by atoms with Gasteiger partial charge in [-0.05, 0) is 43.1 Å². The van der Waals surface area contributed by atoms with Crippen LogP contribution in [0.2, 0.25) is 0 Å². The number of rotatable bonds is 5. The summed E-state index contributed by atoms with van der Waals surface area (Å²) in [7, 11) is 0. The highest BCUT2D eigenvalue weighted by Gasteiger charge is 2.22. The molecule has 2 aliphatic heterocycles. The van der Waals surface area contributed by atoms with Crippen molar-refractivity contribution in [3.63, 3.8) is 0 Å². The summed E-state index contributed by atoms with van der Waals surface area (Å²) in [6.07, 6.45) is 4.70. The molecule has 0 bridgehead atoms. The molecule has 2 amide bonds. The zero-order valence-corrected chi connectivity index (χ0v) is 16.3. The van der Waals surface area contributed by atoms with E-state index in [1.165, 1.54) is 43.5 Å². The van der Waals surface area contributed by atoms with Gasteiger partial charge in [0.15, 0.2) is 0 Å². The van der Waals surface area contributed by atoms with E-state index in [1.54, 1.807) is 0 Å². The van der Waals surface area contributed by atoms with Crippen LogP contribution < -0.4 is 15.4 Å². The highest BCUT2D eigenvalue weighted by molar-refractivity contribution is 5.74. The molecule has 5 heteroatoms. The number of piperidine rings is 1. The molecule has 4 rings (SSSR count). The molecule has 1 fully saturated rings. The van der Waals surface area contributed by atoms with Crippen molar-refractivity contribution in [1.82, 2.24) is 15.5 Å². The van der Waals surface area contributed by atoms with Crippen molar-refractivity contribution >= 4 is 6.03 Å². The van der Waals surface area contributed by atoms with Crippen LogP contribution in [0.1, 0.15) is 48.4 Å². The van der Waals surface area contributed by atoms with E-state index >= 15 is 0 Å². The van der Waals surface area contributed by atoms with E-state index in [0.717, 1.165) is 24.3 Å². The van der Waals surface area contributed by atoms with Gasteiger partial charge in [0.25, 0.3) is 0 Å². The zero-order chi connectivity index (χ0) is 19.2. The van der Waals surface area contributed by atoms with Gasteiger partial charge in [-0.3, -0.25) is 4.90 Å². The average Bonchev–Trinajstić information content (AvgIpc) is 2.74. The van der Waals surface area contributed by atoms with Crippen LogP contribution in [0.5, 0.6) is 5.75 Å². The number of para-hydroxylation sites is 1. The second-order valence-electron chi connectivity index (χ2n) is 7.66. The number of likely N-dealkylation sites (tertiary alicyclic amines) is 1. The van der Waals surface area contributed by atoms with Crippen LogP contribution in [0.25, 0.3) is 0 Å². The Labute approximate surface area is 167 Å². The van der Waals surface area contributed by atoms with Gasteiger partial charge in [0.1, 0.15) is 5.75 Å². The minimum atomic E-state index is -0.130. The molecule has 1 atom stereocenters. The van der Waals surface area contributed by atoms with Crippen LogP contribution in [0.3, 0.4) is 0 Å². The van der Waals surface area contributed by atoms with Crippen molar-refractivity contribution in [3.8, 4) is 5.75 Å². The number of nitrogens with zero attached hydrogens (tertiary/aromatic N) is 1. The summed E-state index contributed by atoms with van der Waals surface area (Å²) in [5.74, 6) is 0.867. The standard InChI is InChI=1S/C23H29N3O2/c27-23(25-21-12-15-28-22-11-5-4-10-20(21)22)24-16-18-8-2-3-9-19(18)17-26-13-6-1-7-14-26/h2-5,8-11,21H,1,6-7,12-17H2,(H2,24,25,27)/t21-/m1/s1. The minimum Gasteiger partial charge on any atom is -0.493 e. The first-order valence-electron chi connectivity index (χ1n) is 10.3. The molecule has 0 spiro atoms. The lowest BCUT2D eigenvalue weighted by atomic mass is 10.0. The Hall–Kier alpha value is -2.53. The lowest BCUT2D eigenvalue weighted by Gasteiger charge is -2.28. The van der Waals surface area contributed by atoms with Crippen molar-refractivity contribution < 1.29 is 9.53 Å². The molecule has 2 aliphatic rings. The van der Waals surface area contributed by atoms with Gasteiger partial charge >= 0.3 is 6.03 Å². The van der Waals surface area contributed by atoms with Gasteiger partial charge in [0, 0.05) is 25.1 Å². The molecular formula is C23H29N3O2. The van der Waals surface area contributed by atoms with E-state index in [9.17, 15) is 4.79 Å². The van der Waals surface area contributed by atoms with E-state index in [2.05, 4.69) is 33.7 Å². The highest BCUT2D eigenvalue weighted by atomic mass is 16.5. The summed E-state index contributed by atoms with van der Waals surface area (Å²) in [5.41, 5.74) is 3.55. The highest BCUT2D eigenvalue weighted by Crippen LogP contribution is 2.31. The molecule has 0 aromatic heterocycles. The molecule has 28 heavy (non-hydrogen) atoms. The number of hydrogen-bond acceptors (Lipinski definition) is 3. The van der Waals surface area contributed by atoms with E-state index < -0.39 is 0 Å². The Morgan fingerprint density at radius 3 is 2.61 bits per heavy atom. The summed E-state index contributed by atoms with van der Waals surface area (Å²) in [5, 5.41) is 6.15. The molecule has 1 saturated heterocycles. The Bertz CT molecular complexity index is 802. The molecule has 2 heterocycles. The quantitative estimate of drug-likeness (QED) is 0.826. The van der Waals surface area contributed by atoms with E-state index in [1.807, 2.05) is 30.3 Å². The minimum absolute atomic E-state index is 0.00598.